The van der Waals surface area contributed by atoms with Gasteiger partial charge in [-0.25, -0.2) is 0 Å². The van der Waals surface area contributed by atoms with Crippen molar-refractivity contribution in [1.82, 2.24) is 4.90 Å². The van der Waals surface area contributed by atoms with E-state index in [2.05, 4.69) is 19.2 Å². The molecule has 0 N–H and O–H groups in total. The third kappa shape index (κ3) is 18.2. The van der Waals surface area contributed by atoms with E-state index >= 15 is 0 Å². The van der Waals surface area contributed by atoms with Gasteiger partial charge in [0.2, 0.25) is 5.91 Å². The third-order valence-electron chi connectivity index (χ3n) is 3.36. The standard InChI is InChI=1S/C17H35N2O4.V/c1-16(2)6-5-9-19(4)17(20)7-10-21-12-14-23-15-13-22-11-8-18-3;/h16H,5-15H2,1-4H3;/q-1;. The maximum Gasteiger partial charge on any atom is 0.224 e. The van der Waals surface area contributed by atoms with Crippen molar-refractivity contribution in [2.75, 3.05) is 66.8 Å². The maximum absolute atomic E-state index is 11.9. The molecule has 0 unspecified atom stereocenters. The molecule has 0 atom stereocenters. The molecule has 0 aliphatic heterocycles. The van der Waals surface area contributed by atoms with Gasteiger partial charge >= 0.3 is 0 Å². The average molecular weight is 382 g/mol. The van der Waals surface area contributed by atoms with E-state index in [9.17, 15) is 4.79 Å². The fraction of sp³-hybridized carbons (Fsp3) is 0.941. The van der Waals surface area contributed by atoms with Crippen LogP contribution >= 0.6 is 0 Å². The molecule has 0 saturated heterocycles. The van der Waals surface area contributed by atoms with Crippen LogP contribution in [0.2, 0.25) is 0 Å². The summed E-state index contributed by atoms with van der Waals surface area (Å²) in [4.78, 5) is 13.7. The van der Waals surface area contributed by atoms with Crippen molar-refractivity contribution >= 4 is 5.91 Å². The van der Waals surface area contributed by atoms with E-state index in [1.807, 2.05) is 7.05 Å². The van der Waals surface area contributed by atoms with Gasteiger partial charge in [0.15, 0.2) is 0 Å². The second kappa shape index (κ2) is 19.2. The van der Waals surface area contributed by atoms with Crippen LogP contribution in [-0.2, 0) is 37.6 Å². The maximum atomic E-state index is 11.9. The molecule has 0 bridgehead atoms. The summed E-state index contributed by atoms with van der Waals surface area (Å²) in [6.07, 6.45) is 2.65. The van der Waals surface area contributed by atoms with Gasteiger partial charge in [0.25, 0.3) is 0 Å². The predicted molar refractivity (Wildman–Crippen MR) is 92.9 cm³/mol. The van der Waals surface area contributed by atoms with Crippen molar-refractivity contribution in [3.8, 4) is 0 Å². The number of carbonyl (C=O) groups excluding carboxylic acids is 1. The van der Waals surface area contributed by atoms with E-state index in [0.717, 1.165) is 25.9 Å². The van der Waals surface area contributed by atoms with E-state index < -0.39 is 0 Å². The monoisotopic (exact) mass is 382 g/mol. The van der Waals surface area contributed by atoms with E-state index in [-0.39, 0.29) is 24.5 Å². The number of hydrogen-bond donors (Lipinski definition) is 0. The van der Waals surface area contributed by atoms with Crippen LogP contribution in [0.15, 0.2) is 0 Å². The van der Waals surface area contributed by atoms with Gasteiger partial charge in [0.1, 0.15) is 0 Å². The van der Waals surface area contributed by atoms with E-state index in [0.29, 0.717) is 52.0 Å². The van der Waals surface area contributed by atoms with Crippen molar-refractivity contribution in [3.63, 3.8) is 0 Å². The van der Waals surface area contributed by atoms with Gasteiger partial charge in [0, 0.05) is 38.8 Å². The molecule has 143 valence electrons. The zero-order chi connectivity index (χ0) is 17.3. The number of nitrogens with zero attached hydrogens (tertiary/aromatic N) is 2. The normalized spacial score (nSPS) is 10.7. The molecular weight excluding hydrogens is 347 g/mol. The van der Waals surface area contributed by atoms with E-state index in [1.54, 1.807) is 11.9 Å². The SMILES string of the molecule is C[N-]CCOCCOCCOCCC(=O)N(C)CCCC(C)C.[V]. The van der Waals surface area contributed by atoms with Gasteiger partial charge in [-0.3, -0.25) is 4.79 Å². The van der Waals surface area contributed by atoms with E-state index in [4.69, 9.17) is 14.2 Å². The topological polar surface area (TPSA) is 62.1 Å². The van der Waals surface area contributed by atoms with Crippen molar-refractivity contribution in [1.29, 1.82) is 0 Å². The van der Waals surface area contributed by atoms with Crippen LogP contribution in [-0.4, -0.2) is 77.6 Å². The zero-order valence-corrected chi connectivity index (χ0v) is 17.2. The van der Waals surface area contributed by atoms with Gasteiger partial charge in [0.05, 0.1) is 39.5 Å². The number of likely N-dealkylation sites (N-methyl/N-ethyl adjacent to an activating group) is 1. The summed E-state index contributed by atoms with van der Waals surface area (Å²) >= 11 is 0. The third-order valence-corrected chi connectivity index (χ3v) is 3.36. The first kappa shape index (κ1) is 26.1. The minimum Gasteiger partial charge on any atom is -0.663 e. The summed E-state index contributed by atoms with van der Waals surface area (Å²) in [5, 5.41) is 3.94. The van der Waals surface area contributed by atoms with Crippen molar-refractivity contribution in [2.24, 2.45) is 5.92 Å². The molecule has 0 aliphatic rings. The quantitative estimate of drug-likeness (QED) is 0.385. The molecule has 0 spiro atoms. The Hall–Kier alpha value is -0.106. The van der Waals surface area contributed by atoms with Crippen molar-refractivity contribution in [3.05, 3.63) is 5.32 Å². The summed E-state index contributed by atoms with van der Waals surface area (Å²) in [5.74, 6) is 0.832. The molecule has 0 aromatic carbocycles. The van der Waals surface area contributed by atoms with Crippen molar-refractivity contribution < 1.29 is 37.6 Å². The summed E-state index contributed by atoms with van der Waals surface area (Å²) in [7, 11) is 3.63. The first-order valence-corrected chi connectivity index (χ1v) is 8.60. The van der Waals surface area contributed by atoms with Crippen LogP contribution in [0.5, 0.6) is 0 Å². The average Bonchev–Trinajstić information content (AvgIpc) is 2.51. The Morgan fingerprint density at radius 3 is 2.08 bits per heavy atom. The van der Waals surface area contributed by atoms with Gasteiger partial charge in [-0.05, 0) is 18.8 Å². The predicted octanol–water partition coefficient (Wildman–Crippen LogP) is 2.32. The molecule has 0 heterocycles. The number of carbonyl (C=O) groups is 1. The first-order valence-electron chi connectivity index (χ1n) is 8.60. The second-order valence-corrected chi connectivity index (χ2v) is 5.98. The number of ether oxygens (including phenoxy) is 3. The Balaban J connectivity index is 0. The Morgan fingerprint density at radius 1 is 1.00 bits per heavy atom. The minimum absolute atomic E-state index is 0. The minimum atomic E-state index is 0. The van der Waals surface area contributed by atoms with Crippen LogP contribution in [0.25, 0.3) is 5.32 Å². The number of amides is 1. The van der Waals surface area contributed by atoms with Crippen LogP contribution in [0.1, 0.15) is 33.1 Å². The molecule has 0 saturated carbocycles. The van der Waals surface area contributed by atoms with Gasteiger partial charge in [-0.15, -0.1) is 6.54 Å². The summed E-state index contributed by atoms with van der Waals surface area (Å²) in [6, 6.07) is 0. The summed E-state index contributed by atoms with van der Waals surface area (Å²) in [5.41, 5.74) is 0. The molecule has 1 radical (unpaired) electrons. The Morgan fingerprint density at radius 2 is 1.54 bits per heavy atom. The molecule has 0 fully saturated rings. The zero-order valence-electron chi connectivity index (χ0n) is 15.8. The van der Waals surface area contributed by atoms with Crippen LogP contribution < -0.4 is 0 Å². The molecule has 6 nitrogen and oxygen atoms in total. The Kier molecular flexibility index (Phi) is 20.9. The second-order valence-electron chi connectivity index (χ2n) is 5.98. The molecule has 7 heteroatoms. The number of rotatable bonds is 16. The molecule has 24 heavy (non-hydrogen) atoms. The summed E-state index contributed by atoms with van der Waals surface area (Å²) in [6.45, 7) is 9.22. The Labute approximate surface area is 159 Å². The fourth-order valence-electron chi connectivity index (χ4n) is 1.91. The molecule has 1 amide bonds. The van der Waals surface area contributed by atoms with Gasteiger partial charge in [-0.1, -0.05) is 13.8 Å². The van der Waals surface area contributed by atoms with Crippen LogP contribution in [0.3, 0.4) is 0 Å². The molecule has 0 aromatic rings. The van der Waals surface area contributed by atoms with Gasteiger partial charge < -0.3 is 24.4 Å². The summed E-state index contributed by atoms with van der Waals surface area (Å²) < 4.78 is 16.1. The molecule has 0 rings (SSSR count). The molecule has 0 aliphatic carbocycles. The smallest absolute Gasteiger partial charge is 0.224 e. The van der Waals surface area contributed by atoms with Crippen molar-refractivity contribution in [2.45, 2.75) is 33.1 Å². The van der Waals surface area contributed by atoms with Crippen LogP contribution in [0, 0.1) is 5.92 Å². The molecular formula is C17H35N2O4V-. The van der Waals surface area contributed by atoms with Gasteiger partial charge in [-0.2, -0.15) is 7.05 Å². The first-order chi connectivity index (χ1) is 11.1. The molecule has 0 aromatic heterocycles. The number of hydrogen-bond acceptors (Lipinski definition) is 4. The van der Waals surface area contributed by atoms with E-state index in [1.165, 1.54) is 0 Å². The fourth-order valence-corrected chi connectivity index (χ4v) is 1.91. The Bertz CT molecular complexity index is 281. The largest absolute Gasteiger partial charge is 0.663 e. The van der Waals surface area contributed by atoms with Crippen LogP contribution in [0.4, 0.5) is 0 Å².